The minimum absolute atomic E-state index is 0.167. The van der Waals surface area contributed by atoms with Crippen LogP contribution in [0.4, 0.5) is 0 Å². The second-order valence-corrected chi connectivity index (χ2v) is 5.55. The topological polar surface area (TPSA) is 96.5 Å². The van der Waals surface area contributed by atoms with Gasteiger partial charge in [0.15, 0.2) is 5.82 Å². The van der Waals surface area contributed by atoms with E-state index in [2.05, 4.69) is 10.1 Å². The van der Waals surface area contributed by atoms with Gasteiger partial charge in [0, 0.05) is 25.8 Å². The van der Waals surface area contributed by atoms with Gasteiger partial charge in [-0.3, -0.25) is 4.79 Å². The number of carbonyl (C=O) groups is 2. The summed E-state index contributed by atoms with van der Waals surface area (Å²) in [5.41, 5.74) is 0. The van der Waals surface area contributed by atoms with E-state index in [0.29, 0.717) is 18.2 Å². The molecule has 1 aromatic rings. The van der Waals surface area contributed by atoms with Crippen molar-refractivity contribution in [2.45, 2.75) is 57.4 Å². The molecular weight excluding hydrogens is 274 g/mol. The quantitative estimate of drug-likeness (QED) is 0.856. The minimum Gasteiger partial charge on any atom is -0.480 e. The van der Waals surface area contributed by atoms with Crippen LogP contribution in [0.2, 0.25) is 0 Å². The van der Waals surface area contributed by atoms with Crippen molar-refractivity contribution in [1.82, 2.24) is 15.0 Å². The molecule has 7 nitrogen and oxygen atoms in total. The molecule has 0 aliphatic heterocycles. The summed E-state index contributed by atoms with van der Waals surface area (Å²) in [4.78, 5) is 28.3. The summed E-state index contributed by atoms with van der Waals surface area (Å²) >= 11 is 0. The molecule has 116 valence electrons. The summed E-state index contributed by atoms with van der Waals surface area (Å²) in [6.07, 6.45) is 5.10. The first kappa shape index (κ1) is 15.5. The molecule has 1 N–H and O–H groups in total. The molecule has 1 aliphatic carbocycles. The summed E-state index contributed by atoms with van der Waals surface area (Å²) in [5.74, 6) is 0.300. The molecule has 0 saturated heterocycles. The number of nitrogens with zero attached hydrogens (tertiary/aromatic N) is 3. The molecule has 0 radical (unpaired) electrons. The Balaban J connectivity index is 1.85. The van der Waals surface area contributed by atoms with Gasteiger partial charge in [0.05, 0.1) is 0 Å². The largest absolute Gasteiger partial charge is 0.480 e. The monoisotopic (exact) mass is 295 g/mol. The van der Waals surface area contributed by atoms with Gasteiger partial charge in [0.25, 0.3) is 0 Å². The normalized spacial score (nSPS) is 16.9. The molecule has 1 fully saturated rings. The van der Waals surface area contributed by atoms with E-state index >= 15 is 0 Å². The third kappa shape index (κ3) is 3.80. The lowest BCUT2D eigenvalue weighted by Gasteiger charge is -2.20. The molecule has 7 heteroatoms. The van der Waals surface area contributed by atoms with Crippen LogP contribution in [0, 0.1) is 0 Å². The van der Waals surface area contributed by atoms with Crippen LogP contribution in [0.5, 0.6) is 0 Å². The van der Waals surface area contributed by atoms with E-state index < -0.39 is 12.0 Å². The fourth-order valence-corrected chi connectivity index (χ4v) is 2.49. The average molecular weight is 295 g/mol. The number of carboxylic acid groups (broad SMARTS) is 1. The third-order valence-electron chi connectivity index (χ3n) is 4.09. The molecule has 1 aromatic heterocycles. The van der Waals surface area contributed by atoms with Gasteiger partial charge >= 0.3 is 5.97 Å². The summed E-state index contributed by atoms with van der Waals surface area (Å²) in [6, 6.07) is -0.839. The van der Waals surface area contributed by atoms with Gasteiger partial charge in [0.1, 0.15) is 6.04 Å². The van der Waals surface area contributed by atoms with Gasteiger partial charge < -0.3 is 14.5 Å². The molecule has 1 unspecified atom stereocenters. The molecule has 2 rings (SSSR count). The highest BCUT2D eigenvalue weighted by Crippen LogP contribution is 2.32. The Bertz CT molecular complexity index is 508. The number of rotatable bonds is 6. The highest BCUT2D eigenvalue weighted by atomic mass is 16.5. The van der Waals surface area contributed by atoms with E-state index in [0.717, 1.165) is 18.7 Å². The van der Waals surface area contributed by atoms with E-state index in [1.807, 2.05) is 0 Å². The molecule has 0 bridgehead atoms. The number of hydrogen-bond acceptors (Lipinski definition) is 5. The van der Waals surface area contributed by atoms with Gasteiger partial charge in [-0.25, -0.2) is 4.79 Å². The van der Waals surface area contributed by atoms with Crippen molar-refractivity contribution in [3.8, 4) is 0 Å². The average Bonchev–Trinajstić information content (AvgIpc) is 3.13. The second kappa shape index (κ2) is 6.69. The van der Waals surface area contributed by atoms with Crippen LogP contribution in [-0.2, 0) is 16.0 Å². The zero-order valence-corrected chi connectivity index (χ0v) is 12.4. The number of carboxylic acids is 1. The van der Waals surface area contributed by atoms with Crippen LogP contribution in [-0.4, -0.2) is 45.1 Å². The molecule has 0 aromatic carbocycles. The third-order valence-corrected chi connectivity index (χ3v) is 4.09. The Labute approximate surface area is 123 Å². The van der Waals surface area contributed by atoms with Crippen molar-refractivity contribution in [1.29, 1.82) is 0 Å². The smallest absolute Gasteiger partial charge is 0.326 e. The van der Waals surface area contributed by atoms with Gasteiger partial charge in [-0.15, -0.1) is 0 Å². The van der Waals surface area contributed by atoms with Crippen LogP contribution < -0.4 is 0 Å². The fraction of sp³-hybridized carbons (Fsp3) is 0.714. The molecule has 1 saturated carbocycles. The van der Waals surface area contributed by atoms with Crippen molar-refractivity contribution >= 4 is 11.9 Å². The van der Waals surface area contributed by atoms with Crippen LogP contribution in [0.1, 0.15) is 56.7 Å². The van der Waals surface area contributed by atoms with Gasteiger partial charge in [-0.1, -0.05) is 18.0 Å². The highest BCUT2D eigenvalue weighted by molar-refractivity contribution is 5.83. The number of hydrogen-bond donors (Lipinski definition) is 1. The predicted octanol–water partition coefficient (Wildman–Crippen LogP) is 1.59. The number of amides is 1. The molecular formula is C14H21N3O4. The Morgan fingerprint density at radius 1 is 1.43 bits per heavy atom. The first-order valence-corrected chi connectivity index (χ1v) is 7.30. The van der Waals surface area contributed by atoms with E-state index in [4.69, 9.17) is 9.63 Å². The maximum absolute atomic E-state index is 11.9. The van der Waals surface area contributed by atoms with Crippen LogP contribution in [0.3, 0.4) is 0 Å². The first-order valence-electron chi connectivity index (χ1n) is 7.30. The Morgan fingerprint density at radius 3 is 2.71 bits per heavy atom. The first-order chi connectivity index (χ1) is 9.99. The van der Waals surface area contributed by atoms with Crippen molar-refractivity contribution in [3.05, 3.63) is 11.7 Å². The van der Waals surface area contributed by atoms with Gasteiger partial charge in [0.2, 0.25) is 11.8 Å². The van der Waals surface area contributed by atoms with Crippen LogP contribution >= 0.6 is 0 Å². The summed E-state index contributed by atoms with van der Waals surface area (Å²) in [7, 11) is 1.49. The predicted molar refractivity (Wildman–Crippen MR) is 73.7 cm³/mol. The Hall–Kier alpha value is -1.92. The minimum atomic E-state index is -1.02. The van der Waals surface area contributed by atoms with E-state index in [-0.39, 0.29) is 12.3 Å². The van der Waals surface area contributed by atoms with Crippen molar-refractivity contribution in [3.63, 3.8) is 0 Å². The standard InChI is InChI=1S/C14H21N3O4/c1-9(14(19)20)17(2)12(18)8-7-11-15-13(16-21-11)10-5-3-4-6-10/h9-10H,3-8H2,1-2H3,(H,19,20). The molecule has 1 aliphatic rings. The summed E-state index contributed by atoms with van der Waals surface area (Å²) < 4.78 is 5.17. The lowest BCUT2D eigenvalue weighted by atomic mass is 10.1. The van der Waals surface area contributed by atoms with Crippen molar-refractivity contribution in [2.75, 3.05) is 7.05 Å². The zero-order chi connectivity index (χ0) is 15.4. The number of carbonyl (C=O) groups excluding carboxylic acids is 1. The van der Waals surface area contributed by atoms with E-state index in [1.54, 1.807) is 0 Å². The number of aryl methyl sites for hydroxylation is 1. The Morgan fingerprint density at radius 2 is 2.10 bits per heavy atom. The number of aromatic nitrogens is 2. The lowest BCUT2D eigenvalue weighted by molar-refractivity contribution is -0.148. The number of aliphatic carboxylic acids is 1. The van der Waals surface area contributed by atoms with E-state index in [1.165, 1.54) is 31.7 Å². The molecule has 1 amide bonds. The van der Waals surface area contributed by atoms with Crippen molar-refractivity contribution in [2.24, 2.45) is 0 Å². The molecule has 0 spiro atoms. The molecule has 1 atom stereocenters. The van der Waals surface area contributed by atoms with Crippen molar-refractivity contribution < 1.29 is 19.2 Å². The van der Waals surface area contributed by atoms with E-state index in [9.17, 15) is 9.59 Å². The SMILES string of the molecule is CC(C(=O)O)N(C)C(=O)CCc1nc(C2CCCC2)no1. The molecule has 1 heterocycles. The summed E-state index contributed by atoms with van der Waals surface area (Å²) in [5, 5.41) is 12.9. The maximum Gasteiger partial charge on any atom is 0.326 e. The lowest BCUT2D eigenvalue weighted by Crippen LogP contribution is -2.40. The van der Waals surface area contributed by atoms with Crippen LogP contribution in [0.15, 0.2) is 4.52 Å². The highest BCUT2D eigenvalue weighted by Gasteiger charge is 2.24. The van der Waals surface area contributed by atoms with Gasteiger partial charge in [-0.2, -0.15) is 4.98 Å². The Kier molecular flexibility index (Phi) is 4.93. The van der Waals surface area contributed by atoms with Crippen LogP contribution in [0.25, 0.3) is 0 Å². The zero-order valence-electron chi connectivity index (χ0n) is 12.4. The maximum atomic E-state index is 11.9. The van der Waals surface area contributed by atoms with Gasteiger partial charge in [-0.05, 0) is 19.8 Å². The molecule has 21 heavy (non-hydrogen) atoms. The number of likely N-dealkylation sites (N-methyl/N-ethyl adjacent to an activating group) is 1. The second-order valence-electron chi connectivity index (χ2n) is 5.55. The summed E-state index contributed by atoms with van der Waals surface area (Å²) in [6.45, 7) is 1.48. The fourth-order valence-electron chi connectivity index (χ4n) is 2.49.